The first-order chi connectivity index (χ1) is 15.8. The molecule has 2 rings (SSSR count). The van der Waals surface area contributed by atoms with Gasteiger partial charge in [-0.25, -0.2) is 5.48 Å². The number of nitrogens with two attached hydrogens (primary N) is 1. The first-order valence-electron chi connectivity index (χ1n) is 9.91. The first kappa shape index (κ1) is 25.1. The highest BCUT2D eigenvalue weighted by Gasteiger charge is 2.27. The molecule has 9 nitrogen and oxygen atoms in total. The Labute approximate surface area is 191 Å². The summed E-state index contributed by atoms with van der Waals surface area (Å²) in [5.74, 6) is 5.49. The van der Waals surface area contributed by atoms with E-state index in [9.17, 15) is 19.5 Å². The van der Waals surface area contributed by atoms with Crippen molar-refractivity contribution in [2.75, 3.05) is 6.54 Å². The molecule has 0 saturated heterocycles. The molecule has 0 unspecified atom stereocenters. The summed E-state index contributed by atoms with van der Waals surface area (Å²) in [5, 5.41) is 23.8. The topological polar surface area (TPSA) is 154 Å². The minimum absolute atomic E-state index is 0.104. The van der Waals surface area contributed by atoms with Crippen LogP contribution in [0.5, 0.6) is 0 Å². The van der Waals surface area contributed by atoms with Crippen LogP contribution in [0.4, 0.5) is 0 Å². The molecule has 0 saturated carbocycles. The minimum atomic E-state index is -1.40. The lowest BCUT2D eigenvalue weighted by Crippen LogP contribution is -2.51. The molecule has 0 heterocycles. The van der Waals surface area contributed by atoms with Crippen LogP contribution in [0.2, 0.25) is 0 Å². The highest BCUT2D eigenvalue weighted by molar-refractivity contribution is 6.01. The maximum Gasteiger partial charge on any atom is 0.268 e. The second-order valence-corrected chi connectivity index (χ2v) is 6.93. The van der Waals surface area contributed by atoms with E-state index in [4.69, 9.17) is 17.4 Å². The molecule has 0 fully saturated rings. The number of carbonyl (C=O) groups is 3. The molecule has 33 heavy (non-hydrogen) atoms. The molecule has 2 aromatic carbocycles. The average molecular weight is 448 g/mol. The number of hydrogen-bond donors (Lipinski definition) is 6. The lowest BCUT2D eigenvalue weighted by atomic mass is 9.92. The van der Waals surface area contributed by atoms with Crippen LogP contribution in [0.25, 0.3) is 11.1 Å². The fraction of sp³-hybridized carbons (Fsp3) is 0.208. The van der Waals surface area contributed by atoms with Crippen molar-refractivity contribution in [3.8, 4) is 35.3 Å². The smallest absolute Gasteiger partial charge is 0.268 e. The minimum Gasteiger partial charge on any atom is -0.391 e. The predicted molar refractivity (Wildman–Crippen MR) is 121 cm³/mol. The number of hydrogen-bond acceptors (Lipinski definition) is 6. The summed E-state index contributed by atoms with van der Waals surface area (Å²) < 4.78 is 0. The Morgan fingerprint density at radius 2 is 1.82 bits per heavy atom. The number of benzene rings is 2. The van der Waals surface area contributed by atoms with Gasteiger partial charge in [0.15, 0.2) is 0 Å². The van der Waals surface area contributed by atoms with E-state index in [1.165, 1.54) is 18.5 Å². The van der Waals surface area contributed by atoms with Crippen LogP contribution in [0.15, 0.2) is 42.5 Å². The molecule has 2 atom stereocenters. The summed E-state index contributed by atoms with van der Waals surface area (Å²) >= 11 is 0. The van der Waals surface area contributed by atoms with E-state index in [0.717, 1.165) is 5.56 Å². The molecular weight excluding hydrogens is 424 g/mol. The molecule has 2 aromatic rings. The zero-order valence-electron chi connectivity index (χ0n) is 17.9. The average Bonchev–Trinajstić information content (AvgIpc) is 2.83. The van der Waals surface area contributed by atoms with Gasteiger partial charge in [0.05, 0.1) is 18.2 Å². The van der Waals surface area contributed by atoms with Crippen LogP contribution >= 0.6 is 0 Å². The Morgan fingerprint density at radius 3 is 2.45 bits per heavy atom. The monoisotopic (exact) mass is 448 g/mol. The Hall–Kier alpha value is -4.15. The van der Waals surface area contributed by atoms with Crippen molar-refractivity contribution in [2.45, 2.75) is 25.6 Å². The number of carbonyl (C=O) groups excluding carboxylic acids is 3. The van der Waals surface area contributed by atoms with Gasteiger partial charge < -0.3 is 21.5 Å². The highest BCUT2D eigenvalue weighted by Crippen LogP contribution is 2.29. The van der Waals surface area contributed by atoms with Crippen LogP contribution in [-0.4, -0.2) is 46.7 Å². The van der Waals surface area contributed by atoms with E-state index in [1.807, 2.05) is 6.07 Å². The highest BCUT2D eigenvalue weighted by atomic mass is 16.5. The van der Waals surface area contributed by atoms with Crippen molar-refractivity contribution in [3.05, 3.63) is 59.2 Å². The molecule has 170 valence electrons. The van der Waals surface area contributed by atoms with Crippen molar-refractivity contribution in [3.63, 3.8) is 0 Å². The summed E-state index contributed by atoms with van der Waals surface area (Å²) in [5.41, 5.74) is 9.19. The predicted octanol–water partition coefficient (Wildman–Crippen LogP) is -0.102. The second-order valence-electron chi connectivity index (χ2n) is 6.93. The summed E-state index contributed by atoms with van der Waals surface area (Å²) in [7, 11) is 0. The maximum absolute atomic E-state index is 13.0. The third-order valence-corrected chi connectivity index (χ3v) is 4.70. The standard InChI is InChI=1S/C24H24N4O5/c1-3-4-9-19-18(17-10-6-5-8-16(17)14-26-21(30)13-25)11-7-12-20(19)23(31)27-22(15(2)29)24(32)28-33/h1,5-8,10-12,15,22,29,33H,13-14,25H2,2H3,(H,26,30)(H,27,31)(H,28,32)/t15-,22+/m1/s1. The van der Waals surface area contributed by atoms with Crippen LogP contribution in [0.1, 0.15) is 28.4 Å². The van der Waals surface area contributed by atoms with Gasteiger partial charge in [-0.3, -0.25) is 19.6 Å². The number of terminal acetylenes is 1. The van der Waals surface area contributed by atoms with Crippen LogP contribution in [0, 0.1) is 24.2 Å². The quantitative estimate of drug-likeness (QED) is 0.188. The summed E-state index contributed by atoms with van der Waals surface area (Å²) in [4.78, 5) is 36.5. The number of aliphatic hydroxyl groups is 1. The van der Waals surface area contributed by atoms with Gasteiger partial charge in [0.1, 0.15) is 6.04 Å². The third-order valence-electron chi connectivity index (χ3n) is 4.70. The van der Waals surface area contributed by atoms with Gasteiger partial charge in [-0.1, -0.05) is 42.3 Å². The van der Waals surface area contributed by atoms with E-state index in [1.54, 1.807) is 30.3 Å². The van der Waals surface area contributed by atoms with E-state index >= 15 is 0 Å². The van der Waals surface area contributed by atoms with Crippen LogP contribution < -0.4 is 21.8 Å². The number of aliphatic hydroxyl groups excluding tert-OH is 1. The van der Waals surface area contributed by atoms with Crippen molar-refractivity contribution in [2.24, 2.45) is 5.73 Å². The SMILES string of the molecule is C#CC#Cc1c(C(=O)N[C@H](C(=O)NO)[C@@H](C)O)cccc1-c1ccccc1CNC(=O)CN. The van der Waals surface area contributed by atoms with Crippen molar-refractivity contribution < 1.29 is 24.7 Å². The second kappa shape index (κ2) is 12.0. The number of nitrogens with one attached hydrogen (secondary N) is 3. The fourth-order valence-corrected chi connectivity index (χ4v) is 3.10. The number of amides is 3. The van der Waals surface area contributed by atoms with Gasteiger partial charge in [0, 0.05) is 12.1 Å². The molecular formula is C24H24N4O5. The van der Waals surface area contributed by atoms with Crippen molar-refractivity contribution in [1.29, 1.82) is 0 Å². The normalized spacial score (nSPS) is 11.7. The molecule has 0 aliphatic rings. The lowest BCUT2D eigenvalue weighted by molar-refractivity contribution is -0.133. The summed E-state index contributed by atoms with van der Waals surface area (Å²) in [6.45, 7) is 1.34. The molecule has 0 aliphatic heterocycles. The van der Waals surface area contributed by atoms with Gasteiger partial charge in [-0.15, -0.1) is 6.42 Å². The van der Waals surface area contributed by atoms with Crippen molar-refractivity contribution >= 4 is 17.7 Å². The molecule has 7 N–H and O–H groups in total. The maximum atomic E-state index is 13.0. The van der Waals surface area contributed by atoms with E-state index < -0.39 is 24.0 Å². The van der Waals surface area contributed by atoms with Crippen LogP contribution in [0.3, 0.4) is 0 Å². The molecule has 0 spiro atoms. The van der Waals surface area contributed by atoms with Gasteiger partial charge >= 0.3 is 0 Å². The number of rotatable bonds is 8. The Kier molecular flexibility index (Phi) is 9.16. The lowest BCUT2D eigenvalue weighted by Gasteiger charge is -2.20. The molecule has 0 bridgehead atoms. The van der Waals surface area contributed by atoms with Gasteiger partial charge in [-0.05, 0) is 41.5 Å². The van der Waals surface area contributed by atoms with Crippen molar-refractivity contribution in [1.82, 2.24) is 16.1 Å². The zero-order valence-corrected chi connectivity index (χ0v) is 17.9. The molecule has 0 aromatic heterocycles. The molecule has 9 heteroatoms. The third kappa shape index (κ3) is 6.42. The first-order valence-corrected chi connectivity index (χ1v) is 9.91. The summed E-state index contributed by atoms with van der Waals surface area (Å²) in [6.07, 6.45) is 4.02. The number of hydroxylamine groups is 1. The van der Waals surface area contributed by atoms with E-state index in [0.29, 0.717) is 16.7 Å². The molecule has 0 aliphatic carbocycles. The van der Waals surface area contributed by atoms with Gasteiger partial charge in [0.2, 0.25) is 5.91 Å². The molecule has 0 radical (unpaired) electrons. The summed E-state index contributed by atoms with van der Waals surface area (Å²) in [6, 6.07) is 10.7. The Balaban J connectivity index is 2.57. The van der Waals surface area contributed by atoms with E-state index in [-0.39, 0.29) is 24.6 Å². The van der Waals surface area contributed by atoms with Gasteiger partial charge in [-0.2, -0.15) is 0 Å². The molecule has 3 amide bonds. The van der Waals surface area contributed by atoms with E-state index in [2.05, 4.69) is 28.4 Å². The Bertz CT molecular complexity index is 1140. The largest absolute Gasteiger partial charge is 0.391 e. The Morgan fingerprint density at radius 1 is 1.12 bits per heavy atom. The fourth-order valence-electron chi connectivity index (χ4n) is 3.10. The zero-order chi connectivity index (χ0) is 24.4. The van der Waals surface area contributed by atoms with Crippen LogP contribution in [-0.2, 0) is 16.1 Å². The van der Waals surface area contributed by atoms with Gasteiger partial charge in [0.25, 0.3) is 11.8 Å².